The minimum atomic E-state index is -0.395. The highest BCUT2D eigenvalue weighted by Gasteiger charge is 2.12. The molecular weight excluding hydrogens is 216 g/mol. The summed E-state index contributed by atoms with van der Waals surface area (Å²) in [6.45, 7) is 0.575. The predicted molar refractivity (Wildman–Crippen MR) is 66.9 cm³/mol. The maximum absolute atomic E-state index is 9.87. The fraction of sp³-hybridized carbons (Fsp3) is 0.462. The van der Waals surface area contributed by atoms with E-state index in [0.717, 1.165) is 16.6 Å². The van der Waals surface area contributed by atoms with Crippen LogP contribution in [0, 0.1) is 0 Å². The van der Waals surface area contributed by atoms with Crippen molar-refractivity contribution in [2.45, 2.75) is 18.9 Å². The Kier molecular flexibility index (Phi) is 3.76. The smallest absolute Gasteiger partial charge is 0.0728 e. The summed E-state index contributed by atoms with van der Waals surface area (Å²) in [5, 5.41) is 15.4. The molecule has 0 spiro atoms. The monoisotopic (exact) mass is 234 g/mol. The zero-order valence-corrected chi connectivity index (χ0v) is 10.3. The van der Waals surface area contributed by atoms with E-state index in [1.54, 1.807) is 7.11 Å². The first kappa shape index (κ1) is 12.1. The van der Waals surface area contributed by atoms with E-state index in [1.807, 2.05) is 36.0 Å². The van der Waals surface area contributed by atoms with E-state index in [1.165, 1.54) is 0 Å². The van der Waals surface area contributed by atoms with Crippen LogP contribution in [0.15, 0.2) is 24.3 Å². The van der Waals surface area contributed by atoms with Gasteiger partial charge in [0.15, 0.2) is 0 Å². The predicted octanol–water partition coefficient (Wildman–Crippen LogP) is 1.51. The standard InChI is InChI=1S/C13H18N2O2/c1-15-13-6-4-3-5-11(13)12(14-15)9-10(16)7-8-17-2/h3-6,10,16H,7-9H2,1-2H3. The van der Waals surface area contributed by atoms with Crippen LogP contribution in [0.5, 0.6) is 0 Å². The van der Waals surface area contributed by atoms with E-state index >= 15 is 0 Å². The van der Waals surface area contributed by atoms with Crippen molar-refractivity contribution in [3.8, 4) is 0 Å². The first-order valence-corrected chi connectivity index (χ1v) is 5.80. The number of benzene rings is 1. The zero-order chi connectivity index (χ0) is 12.3. The van der Waals surface area contributed by atoms with Crippen LogP contribution in [-0.2, 0) is 18.2 Å². The number of rotatable bonds is 5. The van der Waals surface area contributed by atoms with Crippen LogP contribution in [-0.4, -0.2) is 34.7 Å². The van der Waals surface area contributed by atoms with Gasteiger partial charge in [0.05, 0.1) is 17.3 Å². The molecule has 17 heavy (non-hydrogen) atoms. The Morgan fingerprint density at radius 2 is 2.18 bits per heavy atom. The molecule has 1 unspecified atom stereocenters. The Morgan fingerprint density at radius 3 is 2.94 bits per heavy atom. The number of methoxy groups -OCH3 is 1. The normalized spacial score (nSPS) is 13.1. The van der Waals surface area contributed by atoms with Crippen molar-refractivity contribution in [1.29, 1.82) is 0 Å². The molecule has 0 amide bonds. The third-order valence-electron chi connectivity index (χ3n) is 2.92. The third kappa shape index (κ3) is 2.65. The average molecular weight is 234 g/mol. The highest BCUT2D eigenvalue weighted by Crippen LogP contribution is 2.19. The van der Waals surface area contributed by atoms with Crippen LogP contribution in [0.3, 0.4) is 0 Å². The molecule has 1 atom stereocenters. The van der Waals surface area contributed by atoms with E-state index in [0.29, 0.717) is 19.4 Å². The second-order valence-electron chi connectivity index (χ2n) is 4.23. The van der Waals surface area contributed by atoms with E-state index < -0.39 is 6.10 Å². The van der Waals surface area contributed by atoms with Crippen molar-refractivity contribution < 1.29 is 9.84 Å². The largest absolute Gasteiger partial charge is 0.393 e. The molecule has 0 radical (unpaired) electrons. The van der Waals surface area contributed by atoms with Gasteiger partial charge in [0.2, 0.25) is 0 Å². The third-order valence-corrected chi connectivity index (χ3v) is 2.92. The molecule has 0 bridgehead atoms. The van der Waals surface area contributed by atoms with Gasteiger partial charge in [-0.25, -0.2) is 0 Å². The quantitative estimate of drug-likeness (QED) is 0.853. The lowest BCUT2D eigenvalue weighted by Crippen LogP contribution is -2.13. The van der Waals surface area contributed by atoms with Crippen LogP contribution < -0.4 is 0 Å². The SMILES string of the molecule is COCCC(O)Cc1nn(C)c2ccccc12. The molecule has 0 aliphatic rings. The average Bonchev–Trinajstić information content (AvgIpc) is 2.65. The fourth-order valence-electron chi connectivity index (χ4n) is 2.02. The maximum Gasteiger partial charge on any atom is 0.0728 e. The lowest BCUT2D eigenvalue weighted by molar-refractivity contribution is 0.109. The van der Waals surface area contributed by atoms with Crippen molar-refractivity contribution in [1.82, 2.24) is 9.78 Å². The lowest BCUT2D eigenvalue weighted by Gasteiger charge is -2.07. The Bertz CT molecular complexity index is 493. The van der Waals surface area contributed by atoms with Gasteiger partial charge in [-0.3, -0.25) is 4.68 Å². The van der Waals surface area contributed by atoms with Gasteiger partial charge < -0.3 is 9.84 Å². The number of nitrogens with zero attached hydrogens (tertiary/aromatic N) is 2. The van der Waals surface area contributed by atoms with Crippen LogP contribution >= 0.6 is 0 Å². The number of aryl methyl sites for hydroxylation is 1. The molecule has 4 nitrogen and oxygen atoms in total. The van der Waals surface area contributed by atoms with Crippen molar-refractivity contribution in [2.75, 3.05) is 13.7 Å². The molecule has 0 aliphatic carbocycles. The summed E-state index contributed by atoms with van der Waals surface area (Å²) >= 11 is 0. The summed E-state index contributed by atoms with van der Waals surface area (Å²) in [6, 6.07) is 8.07. The molecule has 4 heteroatoms. The van der Waals surface area contributed by atoms with Gasteiger partial charge >= 0.3 is 0 Å². The highest BCUT2D eigenvalue weighted by atomic mass is 16.5. The van der Waals surface area contributed by atoms with Crippen molar-refractivity contribution >= 4 is 10.9 Å². The van der Waals surface area contributed by atoms with Gasteiger partial charge in [0, 0.05) is 32.6 Å². The van der Waals surface area contributed by atoms with Gasteiger partial charge in [-0.15, -0.1) is 0 Å². The molecule has 1 aromatic carbocycles. The van der Waals surface area contributed by atoms with Crippen molar-refractivity contribution in [3.63, 3.8) is 0 Å². The number of aliphatic hydroxyl groups excluding tert-OH is 1. The maximum atomic E-state index is 9.87. The molecule has 0 aliphatic heterocycles. The van der Waals surface area contributed by atoms with Crippen LogP contribution in [0.4, 0.5) is 0 Å². The molecule has 2 rings (SSSR count). The Morgan fingerprint density at radius 1 is 1.41 bits per heavy atom. The topological polar surface area (TPSA) is 47.3 Å². The second kappa shape index (κ2) is 5.29. The summed E-state index contributed by atoms with van der Waals surface area (Å²) in [5.74, 6) is 0. The number of para-hydroxylation sites is 1. The van der Waals surface area contributed by atoms with Crippen LogP contribution in [0.2, 0.25) is 0 Å². The minimum absolute atomic E-state index is 0.395. The highest BCUT2D eigenvalue weighted by molar-refractivity contribution is 5.81. The number of aliphatic hydroxyl groups is 1. The van der Waals surface area contributed by atoms with Gasteiger partial charge in [0.1, 0.15) is 0 Å². The van der Waals surface area contributed by atoms with E-state index in [9.17, 15) is 5.11 Å². The number of ether oxygens (including phenoxy) is 1. The Balaban J connectivity index is 2.18. The van der Waals surface area contributed by atoms with E-state index in [-0.39, 0.29) is 0 Å². The first-order chi connectivity index (χ1) is 8.22. The summed E-state index contributed by atoms with van der Waals surface area (Å²) in [4.78, 5) is 0. The van der Waals surface area contributed by atoms with Crippen molar-refractivity contribution in [3.05, 3.63) is 30.0 Å². The van der Waals surface area contributed by atoms with Crippen LogP contribution in [0.25, 0.3) is 10.9 Å². The summed E-state index contributed by atoms with van der Waals surface area (Å²) < 4.78 is 6.81. The van der Waals surface area contributed by atoms with E-state index in [4.69, 9.17) is 4.74 Å². The van der Waals surface area contributed by atoms with Gasteiger partial charge in [-0.05, 0) is 12.5 Å². The molecular formula is C13H18N2O2. The van der Waals surface area contributed by atoms with Crippen molar-refractivity contribution in [2.24, 2.45) is 7.05 Å². The molecule has 0 saturated heterocycles. The van der Waals surface area contributed by atoms with Gasteiger partial charge in [-0.2, -0.15) is 5.10 Å². The molecule has 1 aromatic heterocycles. The summed E-state index contributed by atoms with van der Waals surface area (Å²) in [6.07, 6.45) is 0.819. The summed E-state index contributed by atoms with van der Waals surface area (Å²) in [5.41, 5.74) is 2.05. The Hall–Kier alpha value is -1.39. The van der Waals surface area contributed by atoms with Gasteiger partial charge in [0.25, 0.3) is 0 Å². The number of fused-ring (bicyclic) bond motifs is 1. The fourth-order valence-corrected chi connectivity index (χ4v) is 2.02. The van der Waals surface area contributed by atoms with E-state index in [2.05, 4.69) is 5.10 Å². The first-order valence-electron chi connectivity index (χ1n) is 5.80. The number of hydrogen-bond donors (Lipinski definition) is 1. The summed E-state index contributed by atoms with van der Waals surface area (Å²) in [7, 11) is 3.57. The molecule has 1 heterocycles. The number of aromatic nitrogens is 2. The molecule has 1 N–H and O–H groups in total. The Labute approximate surface area is 101 Å². The molecule has 0 saturated carbocycles. The van der Waals surface area contributed by atoms with Gasteiger partial charge in [-0.1, -0.05) is 18.2 Å². The lowest BCUT2D eigenvalue weighted by atomic mass is 10.1. The zero-order valence-electron chi connectivity index (χ0n) is 10.3. The number of hydrogen-bond acceptors (Lipinski definition) is 3. The minimum Gasteiger partial charge on any atom is -0.393 e. The molecule has 92 valence electrons. The molecule has 0 fully saturated rings. The second-order valence-corrected chi connectivity index (χ2v) is 4.23. The molecule has 2 aromatic rings. The van der Waals surface area contributed by atoms with Crippen LogP contribution in [0.1, 0.15) is 12.1 Å².